The maximum atomic E-state index is 11.1. The molecule has 26 heavy (non-hydrogen) atoms. The van der Waals surface area contributed by atoms with Crippen LogP contribution in [0.15, 0.2) is 30.6 Å². The van der Waals surface area contributed by atoms with Crippen molar-refractivity contribution in [1.29, 1.82) is 0 Å². The topological polar surface area (TPSA) is 108 Å². The molecule has 0 bridgehead atoms. The number of aromatic carboxylic acids is 1. The van der Waals surface area contributed by atoms with Crippen LogP contribution in [0.3, 0.4) is 0 Å². The average molecular weight is 355 g/mol. The van der Waals surface area contributed by atoms with Crippen LogP contribution in [0, 0.1) is 5.92 Å². The minimum atomic E-state index is -1.00. The number of hydrogen-bond donors (Lipinski definition) is 2. The third-order valence-corrected chi connectivity index (χ3v) is 4.35. The minimum absolute atomic E-state index is 0.0234. The number of carboxylic acid groups (broad SMARTS) is 1. The highest BCUT2D eigenvalue weighted by atomic mass is 16.4. The Labute approximate surface area is 151 Å². The van der Waals surface area contributed by atoms with Gasteiger partial charge in [0.2, 0.25) is 11.9 Å². The van der Waals surface area contributed by atoms with Crippen LogP contribution < -0.4 is 10.2 Å². The van der Waals surface area contributed by atoms with Crippen molar-refractivity contribution in [3.05, 3.63) is 36.2 Å². The zero-order valence-electron chi connectivity index (χ0n) is 14.6. The van der Waals surface area contributed by atoms with Gasteiger partial charge in [0.15, 0.2) is 0 Å². The van der Waals surface area contributed by atoms with E-state index in [1.54, 1.807) is 12.3 Å². The van der Waals surface area contributed by atoms with E-state index in [4.69, 9.17) is 5.11 Å². The largest absolute Gasteiger partial charge is 0.478 e. The van der Waals surface area contributed by atoms with Crippen molar-refractivity contribution < 1.29 is 14.7 Å². The average Bonchev–Trinajstić information content (AvgIpc) is 2.67. The molecule has 0 aromatic carbocycles. The first-order valence-electron chi connectivity index (χ1n) is 8.55. The Morgan fingerprint density at radius 1 is 1.27 bits per heavy atom. The van der Waals surface area contributed by atoms with Crippen molar-refractivity contribution >= 4 is 17.8 Å². The van der Waals surface area contributed by atoms with Gasteiger partial charge in [-0.3, -0.25) is 9.78 Å². The number of pyridine rings is 1. The van der Waals surface area contributed by atoms with Crippen LogP contribution in [0.25, 0.3) is 11.4 Å². The van der Waals surface area contributed by atoms with Crippen molar-refractivity contribution in [3.63, 3.8) is 0 Å². The Kier molecular flexibility index (Phi) is 5.40. The van der Waals surface area contributed by atoms with E-state index in [1.165, 1.54) is 25.3 Å². The highest BCUT2D eigenvalue weighted by Crippen LogP contribution is 2.22. The van der Waals surface area contributed by atoms with Gasteiger partial charge in [-0.1, -0.05) is 0 Å². The lowest BCUT2D eigenvalue weighted by Crippen LogP contribution is -2.41. The molecule has 1 unspecified atom stereocenters. The first-order chi connectivity index (χ1) is 12.5. The number of nitrogens with one attached hydrogen (secondary N) is 1. The molecule has 136 valence electrons. The van der Waals surface area contributed by atoms with Crippen LogP contribution in [0.2, 0.25) is 0 Å². The molecule has 8 nitrogen and oxygen atoms in total. The molecular weight excluding hydrogens is 334 g/mol. The van der Waals surface area contributed by atoms with E-state index in [0.29, 0.717) is 29.8 Å². The number of carboxylic acids is 1. The summed E-state index contributed by atoms with van der Waals surface area (Å²) in [5.74, 6) is -0.0737. The minimum Gasteiger partial charge on any atom is -0.478 e. The molecule has 1 aliphatic heterocycles. The van der Waals surface area contributed by atoms with Gasteiger partial charge in [-0.25, -0.2) is 14.8 Å². The predicted molar refractivity (Wildman–Crippen MR) is 95.8 cm³/mol. The fourth-order valence-electron chi connectivity index (χ4n) is 3.05. The molecule has 2 N–H and O–H groups in total. The first kappa shape index (κ1) is 17.8. The van der Waals surface area contributed by atoms with Crippen LogP contribution in [-0.4, -0.2) is 51.6 Å². The molecule has 8 heteroatoms. The normalized spacial score (nSPS) is 17.0. The summed E-state index contributed by atoms with van der Waals surface area (Å²) in [7, 11) is 0. The number of nitrogens with zero attached hydrogens (tertiary/aromatic N) is 4. The van der Waals surface area contributed by atoms with Gasteiger partial charge in [0.25, 0.3) is 0 Å². The Bertz CT molecular complexity index is 811. The molecule has 0 radical (unpaired) electrons. The lowest BCUT2D eigenvalue weighted by molar-refractivity contribution is -0.119. The molecule has 1 aliphatic rings. The molecule has 0 spiro atoms. The molecule has 1 fully saturated rings. The van der Waals surface area contributed by atoms with Gasteiger partial charge >= 0.3 is 5.97 Å². The van der Waals surface area contributed by atoms with Crippen molar-refractivity contribution in [3.8, 4) is 11.4 Å². The Balaban J connectivity index is 1.77. The van der Waals surface area contributed by atoms with Gasteiger partial charge in [-0.2, -0.15) is 0 Å². The van der Waals surface area contributed by atoms with Crippen molar-refractivity contribution in [2.24, 2.45) is 5.92 Å². The summed E-state index contributed by atoms with van der Waals surface area (Å²) in [6.45, 7) is 3.79. The number of piperidine rings is 1. The number of carbonyl (C=O) groups is 2. The summed E-state index contributed by atoms with van der Waals surface area (Å²) in [5.41, 5.74) is 1.26. The van der Waals surface area contributed by atoms with E-state index in [9.17, 15) is 9.59 Å². The lowest BCUT2D eigenvalue weighted by Gasteiger charge is -2.32. The summed E-state index contributed by atoms with van der Waals surface area (Å²) in [6, 6.07) is 4.67. The highest BCUT2D eigenvalue weighted by molar-refractivity contribution is 5.88. The van der Waals surface area contributed by atoms with Crippen LogP contribution in [0.4, 0.5) is 5.95 Å². The fourth-order valence-corrected chi connectivity index (χ4v) is 3.05. The summed E-state index contributed by atoms with van der Waals surface area (Å²) in [5, 5.41) is 12.0. The number of rotatable bonds is 5. The standard InChI is InChI=1S/C18H21N5O3/c1-12(24)21-10-13-3-2-8-23(11-13)18-20-7-5-15(22-18)16-9-14(17(25)26)4-6-19-16/h4-7,9,13H,2-3,8,10-11H2,1H3,(H,21,24)(H,25,26). The first-order valence-corrected chi connectivity index (χ1v) is 8.55. The zero-order chi connectivity index (χ0) is 18.5. The smallest absolute Gasteiger partial charge is 0.335 e. The van der Waals surface area contributed by atoms with E-state index in [1.807, 2.05) is 0 Å². The van der Waals surface area contributed by atoms with Crippen molar-refractivity contribution in [1.82, 2.24) is 20.3 Å². The number of hydrogen-bond acceptors (Lipinski definition) is 6. The maximum absolute atomic E-state index is 11.1. The van der Waals surface area contributed by atoms with Crippen LogP contribution >= 0.6 is 0 Å². The Morgan fingerprint density at radius 2 is 2.08 bits per heavy atom. The predicted octanol–water partition coefficient (Wildman–Crippen LogP) is 1.59. The molecule has 1 saturated heterocycles. The molecule has 2 aromatic rings. The van der Waals surface area contributed by atoms with Gasteiger partial charge in [0.05, 0.1) is 17.0 Å². The van der Waals surface area contributed by atoms with Crippen molar-refractivity contribution in [2.75, 3.05) is 24.5 Å². The third kappa shape index (κ3) is 4.33. The summed E-state index contributed by atoms with van der Waals surface area (Å²) >= 11 is 0. The van der Waals surface area contributed by atoms with E-state index in [2.05, 4.69) is 25.2 Å². The van der Waals surface area contributed by atoms with E-state index in [0.717, 1.165) is 25.9 Å². The van der Waals surface area contributed by atoms with Gasteiger partial charge in [-0.15, -0.1) is 0 Å². The van der Waals surface area contributed by atoms with Crippen LogP contribution in [0.5, 0.6) is 0 Å². The third-order valence-electron chi connectivity index (χ3n) is 4.35. The molecule has 2 aromatic heterocycles. The highest BCUT2D eigenvalue weighted by Gasteiger charge is 2.22. The van der Waals surface area contributed by atoms with E-state index in [-0.39, 0.29) is 11.5 Å². The molecule has 3 rings (SSSR count). The van der Waals surface area contributed by atoms with Gasteiger partial charge in [0.1, 0.15) is 0 Å². The van der Waals surface area contributed by atoms with E-state index < -0.39 is 5.97 Å². The number of aromatic nitrogens is 3. The fraction of sp³-hybridized carbons (Fsp3) is 0.389. The summed E-state index contributed by atoms with van der Waals surface area (Å²) < 4.78 is 0. The van der Waals surface area contributed by atoms with Gasteiger partial charge in [0, 0.05) is 39.0 Å². The monoisotopic (exact) mass is 355 g/mol. The maximum Gasteiger partial charge on any atom is 0.335 e. The van der Waals surface area contributed by atoms with E-state index >= 15 is 0 Å². The zero-order valence-corrected chi connectivity index (χ0v) is 14.6. The Hall–Kier alpha value is -3.03. The molecule has 0 saturated carbocycles. The molecule has 3 heterocycles. The molecular formula is C18H21N5O3. The molecule has 0 aliphatic carbocycles. The quantitative estimate of drug-likeness (QED) is 0.838. The number of anilines is 1. The Morgan fingerprint density at radius 3 is 2.85 bits per heavy atom. The number of amides is 1. The lowest BCUT2D eigenvalue weighted by atomic mass is 9.98. The molecule has 1 atom stereocenters. The molecule has 1 amide bonds. The summed E-state index contributed by atoms with van der Waals surface area (Å²) in [4.78, 5) is 37.5. The van der Waals surface area contributed by atoms with Gasteiger partial charge < -0.3 is 15.3 Å². The van der Waals surface area contributed by atoms with Crippen molar-refractivity contribution in [2.45, 2.75) is 19.8 Å². The second kappa shape index (κ2) is 7.90. The summed E-state index contributed by atoms with van der Waals surface area (Å²) in [6.07, 6.45) is 5.18. The van der Waals surface area contributed by atoms with Gasteiger partial charge in [-0.05, 0) is 37.0 Å². The van der Waals surface area contributed by atoms with Crippen LogP contribution in [0.1, 0.15) is 30.1 Å². The second-order valence-electron chi connectivity index (χ2n) is 6.37. The second-order valence-corrected chi connectivity index (χ2v) is 6.37. The van der Waals surface area contributed by atoms with Crippen LogP contribution in [-0.2, 0) is 4.79 Å². The SMILES string of the molecule is CC(=O)NCC1CCCN(c2nccc(-c3cc(C(=O)O)ccn3)n2)C1. The number of carbonyl (C=O) groups excluding carboxylic acids is 1.